The Labute approximate surface area is 233 Å². The summed E-state index contributed by atoms with van der Waals surface area (Å²) in [6, 6.07) is 24.5. The SMILES string of the molecule is CCCCn1c(C(N)Cc2ccc(OCc3ccccc3)cc2)nc2cc(OCCCN(CC)CC)ccc21. The van der Waals surface area contributed by atoms with Crippen molar-refractivity contribution in [3.8, 4) is 11.5 Å². The summed E-state index contributed by atoms with van der Waals surface area (Å²) in [5.74, 6) is 2.66. The summed E-state index contributed by atoms with van der Waals surface area (Å²) >= 11 is 0. The van der Waals surface area contributed by atoms with Crippen LogP contribution in [0.1, 0.15) is 63.0 Å². The van der Waals surface area contributed by atoms with E-state index in [-0.39, 0.29) is 6.04 Å². The van der Waals surface area contributed by atoms with Gasteiger partial charge in [-0.25, -0.2) is 4.98 Å². The molecular formula is C33H44N4O2. The van der Waals surface area contributed by atoms with Gasteiger partial charge in [0.25, 0.3) is 0 Å². The quantitative estimate of drug-likeness (QED) is 0.163. The summed E-state index contributed by atoms with van der Waals surface area (Å²) in [5.41, 5.74) is 11.2. The number of rotatable bonds is 16. The summed E-state index contributed by atoms with van der Waals surface area (Å²) in [4.78, 5) is 7.43. The zero-order valence-corrected chi connectivity index (χ0v) is 23.8. The van der Waals surface area contributed by atoms with Gasteiger partial charge in [-0.1, -0.05) is 69.7 Å². The smallest absolute Gasteiger partial charge is 0.127 e. The van der Waals surface area contributed by atoms with Crippen molar-refractivity contribution < 1.29 is 9.47 Å². The third-order valence-electron chi connectivity index (χ3n) is 7.23. The largest absolute Gasteiger partial charge is 0.493 e. The normalized spacial score (nSPS) is 12.2. The molecular weight excluding hydrogens is 484 g/mol. The van der Waals surface area contributed by atoms with E-state index in [0.717, 1.165) is 79.4 Å². The molecule has 0 bridgehead atoms. The van der Waals surface area contributed by atoms with Gasteiger partial charge in [-0.05, 0) is 67.7 Å². The van der Waals surface area contributed by atoms with Crippen LogP contribution in [0.3, 0.4) is 0 Å². The number of hydrogen-bond acceptors (Lipinski definition) is 5. The van der Waals surface area contributed by atoms with E-state index in [1.807, 2.05) is 30.3 Å². The van der Waals surface area contributed by atoms with Crippen molar-refractivity contribution in [3.05, 3.63) is 89.7 Å². The van der Waals surface area contributed by atoms with Gasteiger partial charge in [0.1, 0.15) is 23.9 Å². The molecule has 0 radical (unpaired) electrons. The molecule has 4 aromatic rings. The Morgan fingerprint density at radius 2 is 1.59 bits per heavy atom. The first-order valence-corrected chi connectivity index (χ1v) is 14.5. The molecule has 208 valence electrons. The molecule has 3 aromatic carbocycles. The van der Waals surface area contributed by atoms with Crippen molar-refractivity contribution in [1.29, 1.82) is 0 Å². The van der Waals surface area contributed by atoms with Gasteiger partial charge in [0.2, 0.25) is 0 Å². The molecule has 0 aliphatic heterocycles. The van der Waals surface area contributed by atoms with E-state index in [2.05, 4.69) is 72.7 Å². The van der Waals surface area contributed by atoms with Crippen LogP contribution in [-0.2, 0) is 19.6 Å². The highest BCUT2D eigenvalue weighted by Gasteiger charge is 2.18. The summed E-state index contributed by atoms with van der Waals surface area (Å²) in [6.07, 6.45) is 3.93. The Balaban J connectivity index is 1.42. The van der Waals surface area contributed by atoms with Gasteiger partial charge in [-0.2, -0.15) is 0 Å². The topological polar surface area (TPSA) is 65.5 Å². The Hall–Kier alpha value is -3.35. The zero-order chi connectivity index (χ0) is 27.5. The van der Waals surface area contributed by atoms with E-state index < -0.39 is 0 Å². The average Bonchev–Trinajstić information content (AvgIpc) is 3.34. The molecule has 0 fully saturated rings. The minimum atomic E-state index is -0.205. The third kappa shape index (κ3) is 8.07. The molecule has 1 atom stereocenters. The Morgan fingerprint density at radius 1 is 0.846 bits per heavy atom. The summed E-state index contributed by atoms with van der Waals surface area (Å²) < 4.78 is 14.3. The second kappa shape index (κ2) is 14.7. The second-order valence-electron chi connectivity index (χ2n) is 10.1. The fraction of sp³-hybridized carbons (Fsp3) is 0.424. The van der Waals surface area contributed by atoms with Gasteiger partial charge >= 0.3 is 0 Å². The van der Waals surface area contributed by atoms with Crippen molar-refractivity contribution in [2.75, 3.05) is 26.2 Å². The summed E-state index contributed by atoms with van der Waals surface area (Å²) in [5, 5.41) is 0. The van der Waals surface area contributed by atoms with Gasteiger partial charge in [0.05, 0.1) is 23.7 Å². The van der Waals surface area contributed by atoms with E-state index >= 15 is 0 Å². The van der Waals surface area contributed by atoms with E-state index in [9.17, 15) is 0 Å². The lowest BCUT2D eigenvalue weighted by Crippen LogP contribution is -2.25. The fourth-order valence-electron chi connectivity index (χ4n) is 4.88. The number of aromatic nitrogens is 2. The van der Waals surface area contributed by atoms with E-state index in [1.54, 1.807) is 0 Å². The highest BCUT2D eigenvalue weighted by molar-refractivity contribution is 5.78. The standard InChI is InChI=1S/C33H44N4O2/c1-4-7-21-37-32-19-18-29(38-22-11-20-36(5-2)6-3)24-31(32)35-33(37)30(34)23-26-14-16-28(17-15-26)39-25-27-12-9-8-10-13-27/h8-10,12-19,24,30H,4-7,11,20-23,25,34H2,1-3H3. The number of aryl methyl sites for hydroxylation is 1. The minimum absolute atomic E-state index is 0.205. The average molecular weight is 529 g/mol. The highest BCUT2D eigenvalue weighted by atomic mass is 16.5. The number of nitrogens with two attached hydrogens (primary N) is 1. The van der Waals surface area contributed by atoms with E-state index in [0.29, 0.717) is 19.6 Å². The molecule has 6 heteroatoms. The van der Waals surface area contributed by atoms with Crippen LogP contribution < -0.4 is 15.2 Å². The molecule has 39 heavy (non-hydrogen) atoms. The highest BCUT2D eigenvalue weighted by Crippen LogP contribution is 2.27. The predicted octanol–water partition coefficient (Wildman–Crippen LogP) is 6.77. The van der Waals surface area contributed by atoms with Crippen molar-refractivity contribution in [2.45, 2.75) is 65.6 Å². The van der Waals surface area contributed by atoms with Crippen molar-refractivity contribution >= 4 is 11.0 Å². The lowest BCUT2D eigenvalue weighted by molar-refractivity contribution is 0.249. The first kappa shape index (κ1) is 28.7. The van der Waals surface area contributed by atoms with Gasteiger partial charge in [0, 0.05) is 19.2 Å². The molecule has 6 nitrogen and oxygen atoms in total. The second-order valence-corrected chi connectivity index (χ2v) is 10.1. The number of fused-ring (bicyclic) bond motifs is 1. The van der Waals surface area contributed by atoms with E-state index in [1.165, 1.54) is 5.56 Å². The van der Waals surface area contributed by atoms with Gasteiger partial charge in [0.15, 0.2) is 0 Å². The lowest BCUT2D eigenvalue weighted by Gasteiger charge is -2.17. The van der Waals surface area contributed by atoms with Crippen LogP contribution in [0.15, 0.2) is 72.8 Å². The summed E-state index contributed by atoms with van der Waals surface area (Å²) in [7, 11) is 0. The molecule has 0 aliphatic rings. The van der Waals surface area contributed by atoms with Crippen LogP contribution >= 0.6 is 0 Å². The zero-order valence-electron chi connectivity index (χ0n) is 23.8. The molecule has 4 rings (SSSR count). The predicted molar refractivity (Wildman–Crippen MR) is 160 cm³/mol. The van der Waals surface area contributed by atoms with Crippen LogP contribution in [0.4, 0.5) is 0 Å². The molecule has 0 saturated heterocycles. The molecule has 2 N–H and O–H groups in total. The molecule has 1 aromatic heterocycles. The molecule has 0 aliphatic carbocycles. The maximum Gasteiger partial charge on any atom is 0.127 e. The molecule has 1 heterocycles. The molecule has 1 unspecified atom stereocenters. The number of unbranched alkanes of at least 4 members (excludes halogenated alkanes) is 1. The van der Waals surface area contributed by atoms with Crippen LogP contribution in [0.5, 0.6) is 11.5 Å². The number of hydrogen-bond donors (Lipinski definition) is 1. The van der Waals surface area contributed by atoms with Crippen LogP contribution in [0, 0.1) is 0 Å². The third-order valence-corrected chi connectivity index (χ3v) is 7.23. The number of nitrogens with zero attached hydrogens (tertiary/aromatic N) is 3. The minimum Gasteiger partial charge on any atom is -0.493 e. The summed E-state index contributed by atoms with van der Waals surface area (Å²) in [6.45, 7) is 12.0. The van der Waals surface area contributed by atoms with Crippen LogP contribution in [0.2, 0.25) is 0 Å². The van der Waals surface area contributed by atoms with Crippen LogP contribution in [-0.4, -0.2) is 40.7 Å². The van der Waals surface area contributed by atoms with Gasteiger partial charge < -0.3 is 24.7 Å². The Morgan fingerprint density at radius 3 is 2.31 bits per heavy atom. The van der Waals surface area contributed by atoms with Gasteiger partial charge in [-0.15, -0.1) is 0 Å². The van der Waals surface area contributed by atoms with Crippen LogP contribution in [0.25, 0.3) is 11.0 Å². The molecule has 0 amide bonds. The number of imidazole rings is 1. The lowest BCUT2D eigenvalue weighted by atomic mass is 10.1. The van der Waals surface area contributed by atoms with Crippen molar-refractivity contribution in [1.82, 2.24) is 14.5 Å². The molecule has 0 saturated carbocycles. The Bertz CT molecular complexity index is 1270. The fourth-order valence-corrected chi connectivity index (χ4v) is 4.88. The number of benzene rings is 3. The number of ether oxygens (including phenoxy) is 2. The van der Waals surface area contributed by atoms with Crippen molar-refractivity contribution in [3.63, 3.8) is 0 Å². The first-order chi connectivity index (χ1) is 19.1. The van der Waals surface area contributed by atoms with E-state index in [4.69, 9.17) is 20.2 Å². The first-order valence-electron chi connectivity index (χ1n) is 14.5. The maximum atomic E-state index is 6.78. The Kier molecular flexibility index (Phi) is 10.8. The monoisotopic (exact) mass is 528 g/mol. The molecule has 0 spiro atoms. The van der Waals surface area contributed by atoms with Gasteiger partial charge in [-0.3, -0.25) is 0 Å². The maximum absolute atomic E-state index is 6.78. The van der Waals surface area contributed by atoms with Crippen molar-refractivity contribution in [2.24, 2.45) is 5.73 Å².